The van der Waals surface area contributed by atoms with Gasteiger partial charge in [-0.3, -0.25) is 4.57 Å². The van der Waals surface area contributed by atoms with Crippen LogP contribution in [0.3, 0.4) is 0 Å². The lowest BCUT2D eigenvalue weighted by Crippen LogP contribution is -2.04. The number of imidazole rings is 1. The van der Waals surface area contributed by atoms with Crippen molar-refractivity contribution in [2.75, 3.05) is 13.4 Å². The highest BCUT2D eigenvalue weighted by Crippen LogP contribution is 2.17. The molecule has 0 fully saturated rings. The van der Waals surface area contributed by atoms with E-state index in [1.807, 2.05) is 28.8 Å². The number of sulfone groups is 1. The fourth-order valence-corrected chi connectivity index (χ4v) is 2.91. The van der Waals surface area contributed by atoms with Crippen molar-refractivity contribution in [2.24, 2.45) is 0 Å². The number of ether oxygens (including phenoxy) is 1. The van der Waals surface area contributed by atoms with Crippen LogP contribution in [0.5, 0.6) is 5.75 Å². The summed E-state index contributed by atoms with van der Waals surface area (Å²) in [5.41, 5.74) is 2.07. The quantitative estimate of drug-likeness (QED) is 0.710. The van der Waals surface area contributed by atoms with Crippen LogP contribution in [0.2, 0.25) is 0 Å². The van der Waals surface area contributed by atoms with E-state index in [4.69, 9.17) is 4.74 Å². The van der Waals surface area contributed by atoms with E-state index < -0.39 is 9.84 Å². The van der Waals surface area contributed by atoms with Gasteiger partial charge in [-0.25, -0.2) is 18.4 Å². The zero-order valence-electron chi connectivity index (χ0n) is 13.4. The van der Waals surface area contributed by atoms with Gasteiger partial charge in [-0.2, -0.15) is 0 Å². The molecular weight excluding hydrogens is 326 g/mol. The van der Waals surface area contributed by atoms with Crippen LogP contribution in [0.15, 0.2) is 60.0 Å². The normalized spacial score (nSPS) is 11.4. The van der Waals surface area contributed by atoms with Crippen LogP contribution in [-0.2, 0) is 16.3 Å². The molecule has 2 heterocycles. The van der Waals surface area contributed by atoms with Crippen molar-refractivity contribution in [2.45, 2.75) is 11.3 Å². The van der Waals surface area contributed by atoms with Gasteiger partial charge in [0.05, 0.1) is 12.0 Å². The predicted molar refractivity (Wildman–Crippen MR) is 90.3 cm³/mol. The molecule has 1 aromatic carbocycles. The largest absolute Gasteiger partial charge is 0.497 e. The van der Waals surface area contributed by atoms with Crippen LogP contribution in [0.25, 0.3) is 5.82 Å². The number of rotatable bonds is 5. The molecule has 0 atom stereocenters. The van der Waals surface area contributed by atoms with Gasteiger partial charge in [0, 0.05) is 30.8 Å². The lowest BCUT2D eigenvalue weighted by Gasteiger charge is -2.08. The highest BCUT2D eigenvalue weighted by atomic mass is 32.2. The fraction of sp³-hybridized carbons (Fsp3) is 0.176. The first-order valence-corrected chi connectivity index (χ1v) is 9.17. The van der Waals surface area contributed by atoms with E-state index in [-0.39, 0.29) is 4.90 Å². The van der Waals surface area contributed by atoms with Gasteiger partial charge >= 0.3 is 0 Å². The van der Waals surface area contributed by atoms with Crippen molar-refractivity contribution in [1.29, 1.82) is 0 Å². The Bertz CT molecular complexity index is 930. The van der Waals surface area contributed by atoms with E-state index in [9.17, 15) is 8.42 Å². The zero-order valence-corrected chi connectivity index (χ0v) is 14.2. The summed E-state index contributed by atoms with van der Waals surface area (Å²) in [6.07, 6.45) is 6.65. The number of aromatic nitrogens is 3. The molecule has 0 amide bonds. The number of pyridine rings is 1. The van der Waals surface area contributed by atoms with Crippen LogP contribution in [0, 0.1) is 0 Å². The van der Waals surface area contributed by atoms with Crippen LogP contribution < -0.4 is 4.74 Å². The summed E-state index contributed by atoms with van der Waals surface area (Å²) in [5, 5.41) is 0. The van der Waals surface area contributed by atoms with Gasteiger partial charge in [0.25, 0.3) is 0 Å². The van der Waals surface area contributed by atoms with E-state index in [2.05, 4.69) is 9.97 Å². The molecule has 3 aromatic rings. The van der Waals surface area contributed by atoms with Gasteiger partial charge < -0.3 is 4.74 Å². The molecule has 2 aromatic heterocycles. The second-order valence-corrected chi connectivity index (χ2v) is 7.42. The SMILES string of the molecule is COc1ccc(Cc2cncn2-c2ccc(S(C)(=O)=O)cn2)cc1. The third kappa shape index (κ3) is 3.46. The molecule has 3 rings (SSSR count). The van der Waals surface area contributed by atoms with Gasteiger partial charge in [0.1, 0.15) is 17.9 Å². The van der Waals surface area contributed by atoms with Crippen molar-refractivity contribution in [3.05, 3.63) is 66.4 Å². The van der Waals surface area contributed by atoms with Gasteiger partial charge in [0.15, 0.2) is 9.84 Å². The average Bonchev–Trinajstić information content (AvgIpc) is 3.03. The van der Waals surface area contributed by atoms with Gasteiger partial charge in [0.2, 0.25) is 0 Å². The molecule has 7 heteroatoms. The highest BCUT2D eigenvalue weighted by Gasteiger charge is 2.10. The number of nitrogens with zero attached hydrogens (tertiary/aromatic N) is 3. The van der Waals surface area contributed by atoms with Gasteiger partial charge in [-0.1, -0.05) is 12.1 Å². The smallest absolute Gasteiger partial charge is 0.177 e. The van der Waals surface area contributed by atoms with Crippen molar-refractivity contribution >= 4 is 9.84 Å². The maximum atomic E-state index is 11.5. The Morgan fingerprint density at radius 2 is 1.83 bits per heavy atom. The molecule has 0 saturated carbocycles. The molecule has 0 bridgehead atoms. The van der Waals surface area contributed by atoms with Crippen molar-refractivity contribution in [3.63, 3.8) is 0 Å². The molecular formula is C17H17N3O3S. The number of hydrogen-bond donors (Lipinski definition) is 0. The van der Waals surface area contributed by atoms with Crippen LogP contribution in [-0.4, -0.2) is 36.3 Å². The molecule has 0 aliphatic heterocycles. The standard InChI is InChI=1S/C17H17N3O3S/c1-23-15-5-3-13(4-6-15)9-14-10-18-12-20(14)17-8-7-16(11-19-17)24(2,21)22/h3-8,10-12H,9H2,1-2H3. The number of benzene rings is 1. The summed E-state index contributed by atoms with van der Waals surface area (Å²) in [4.78, 5) is 8.62. The Hall–Kier alpha value is -2.67. The molecule has 0 radical (unpaired) electrons. The first kappa shape index (κ1) is 16.2. The third-order valence-electron chi connectivity index (χ3n) is 3.66. The molecule has 0 aliphatic carbocycles. The summed E-state index contributed by atoms with van der Waals surface area (Å²) in [6.45, 7) is 0. The molecule has 0 unspecified atom stereocenters. The summed E-state index contributed by atoms with van der Waals surface area (Å²) in [5.74, 6) is 1.44. The van der Waals surface area contributed by atoms with E-state index in [1.54, 1.807) is 31.8 Å². The molecule has 6 nitrogen and oxygen atoms in total. The maximum Gasteiger partial charge on any atom is 0.177 e. The van der Waals surface area contributed by atoms with Crippen molar-refractivity contribution in [1.82, 2.24) is 14.5 Å². The monoisotopic (exact) mass is 343 g/mol. The molecule has 0 saturated heterocycles. The molecule has 0 spiro atoms. The average molecular weight is 343 g/mol. The summed E-state index contributed by atoms with van der Waals surface area (Å²) >= 11 is 0. The number of hydrogen-bond acceptors (Lipinski definition) is 5. The first-order valence-electron chi connectivity index (χ1n) is 7.28. The zero-order chi connectivity index (χ0) is 17.2. The predicted octanol–water partition coefficient (Wildman–Crippen LogP) is 2.27. The summed E-state index contributed by atoms with van der Waals surface area (Å²) in [6, 6.07) is 11.0. The topological polar surface area (TPSA) is 74.1 Å². The van der Waals surface area contributed by atoms with Gasteiger partial charge in [-0.15, -0.1) is 0 Å². The summed E-state index contributed by atoms with van der Waals surface area (Å²) < 4.78 is 30.0. The van der Waals surface area contributed by atoms with Crippen LogP contribution in [0.1, 0.15) is 11.3 Å². The molecule has 0 aliphatic rings. The molecule has 124 valence electrons. The Kier molecular flexibility index (Phi) is 4.35. The lowest BCUT2D eigenvalue weighted by atomic mass is 10.1. The van der Waals surface area contributed by atoms with E-state index in [0.717, 1.165) is 23.3 Å². The minimum Gasteiger partial charge on any atom is -0.497 e. The lowest BCUT2D eigenvalue weighted by molar-refractivity contribution is 0.414. The van der Waals surface area contributed by atoms with E-state index in [1.165, 1.54) is 6.20 Å². The molecule has 0 N–H and O–H groups in total. The Morgan fingerprint density at radius 3 is 2.42 bits per heavy atom. The Balaban J connectivity index is 1.87. The Labute approximate surface area is 140 Å². The maximum absolute atomic E-state index is 11.5. The minimum absolute atomic E-state index is 0.197. The van der Waals surface area contributed by atoms with E-state index in [0.29, 0.717) is 12.2 Å². The highest BCUT2D eigenvalue weighted by molar-refractivity contribution is 7.90. The molecule has 24 heavy (non-hydrogen) atoms. The van der Waals surface area contributed by atoms with Crippen molar-refractivity contribution in [3.8, 4) is 11.6 Å². The Morgan fingerprint density at radius 1 is 1.08 bits per heavy atom. The second kappa shape index (κ2) is 6.45. The van der Waals surface area contributed by atoms with E-state index >= 15 is 0 Å². The van der Waals surface area contributed by atoms with Gasteiger partial charge in [-0.05, 0) is 29.8 Å². The fourth-order valence-electron chi connectivity index (χ4n) is 2.35. The first-order chi connectivity index (χ1) is 11.5. The summed E-state index contributed by atoms with van der Waals surface area (Å²) in [7, 11) is -1.62. The number of methoxy groups -OCH3 is 1. The van der Waals surface area contributed by atoms with Crippen molar-refractivity contribution < 1.29 is 13.2 Å². The van der Waals surface area contributed by atoms with Crippen LogP contribution >= 0.6 is 0 Å². The third-order valence-corrected chi connectivity index (χ3v) is 4.75. The second-order valence-electron chi connectivity index (χ2n) is 5.40. The van der Waals surface area contributed by atoms with Crippen LogP contribution in [0.4, 0.5) is 0 Å². The minimum atomic E-state index is -3.25.